The molecule has 5 heteroatoms. The highest BCUT2D eigenvalue weighted by Gasteiger charge is 2.61. The van der Waals surface area contributed by atoms with Gasteiger partial charge in [0.15, 0.2) is 0 Å². The van der Waals surface area contributed by atoms with Gasteiger partial charge < -0.3 is 5.11 Å². The average molecular weight is 322 g/mol. The molecule has 19 heavy (non-hydrogen) atoms. The van der Waals surface area contributed by atoms with Crippen LogP contribution in [0.15, 0.2) is 30.3 Å². The first-order valence-electron chi connectivity index (χ1n) is 5.70. The lowest BCUT2D eigenvalue weighted by atomic mass is 10.1. The lowest BCUT2D eigenvalue weighted by molar-refractivity contribution is -0.139. The van der Waals surface area contributed by atoms with Crippen molar-refractivity contribution in [1.82, 2.24) is 0 Å². The Bertz CT molecular complexity index is 506. The van der Waals surface area contributed by atoms with Gasteiger partial charge in [-0.25, -0.2) is 0 Å². The molecule has 2 nitrogen and oxygen atoms in total. The molecule has 2 atom stereocenters. The lowest BCUT2D eigenvalue weighted by Gasteiger charge is -2.01. The van der Waals surface area contributed by atoms with Crippen molar-refractivity contribution < 1.29 is 9.90 Å². The van der Waals surface area contributed by atoms with Crippen LogP contribution in [0, 0.1) is 17.3 Å². The second kappa shape index (κ2) is 5.74. The van der Waals surface area contributed by atoms with Crippen LogP contribution in [0.25, 0.3) is 5.03 Å². The summed E-state index contributed by atoms with van der Waals surface area (Å²) in [5.41, 5.74) is 0.631. The molecule has 0 aliphatic heterocycles. The van der Waals surface area contributed by atoms with Crippen LogP contribution >= 0.6 is 35.6 Å². The molecule has 0 saturated heterocycles. The minimum absolute atomic E-state index is 0. The summed E-state index contributed by atoms with van der Waals surface area (Å²) in [5, 5.41) is 10.3. The maximum Gasteiger partial charge on any atom is 0.307 e. The van der Waals surface area contributed by atoms with Gasteiger partial charge in [0.2, 0.25) is 0 Å². The molecule has 0 aromatic heterocycles. The van der Waals surface area contributed by atoms with Crippen molar-refractivity contribution in [3.8, 4) is 0 Å². The van der Waals surface area contributed by atoms with Crippen molar-refractivity contribution in [2.24, 2.45) is 17.3 Å². The van der Waals surface area contributed by atoms with Gasteiger partial charge in [-0.1, -0.05) is 55.3 Å². The smallest absolute Gasteiger partial charge is 0.307 e. The van der Waals surface area contributed by atoms with E-state index < -0.39 is 5.97 Å². The molecular weight excluding hydrogens is 307 g/mol. The SMILES string of the molecule is CC1(C)C(C=C(Cl)c2ccc(Cl)cc2)C1C(=O)O.Cl. The number of carboxylic acid groups (broad SMARTS) is 1. The molecule has 0 spiro atoms. The van der Waals surface area contributed by atoms with Crippen LogP contribution in [0.1, 0.15) is 19.4 Å². The van der Waals surface area contributed by atoms with Crippen LogP contribution in [-0.2, 0) is 4.79 Å². The third-order valence-corrected chi connectivity index (χ3v) is 4.22. The van der Waals surface area contributed by atoms with Gasteiger partial charge in [0.1, 0.15) is 0 Å². The molecule has 1 aromatic carbocycles. The molecule has 1 saturated carbocycles. The van der Waals surface area contributed by atoms with Crippen molar-refractivity contribution in [2.75, 3.05) is 0 Å². The van der Waals surface area contributed by atoms with Crippen molar-refractivity contribution >= 4 is 46.6 Å². The number of carbonyl (C=O) groups is 1. The van der Waals surface area contributed by atoms with Crippen LogP contribution in [0.5, 0.6) is 0 Å². The summed E-state index contributed by atoms with van der Waals surface area (Å²) in [6.45, 7) is 3.89. The number of benzene rings is 1. The fraction of sp³-hybridized carbons (Fsp3) is 0.357. The first-order valence-corrected chi connectivity index (χ1v) is 6.45. The Labute approximate surface area is 128 Å². The fourth-order valence-electron chi connectivity index (χ4n) is 2.32. The molecular formula is C14H15Cl3O2. The highest BCUT2D eigenvalue weighted by Crippen LogP contribution is 2.59. The van der Waals surface area contributed by atoms with Crippen molar-refractivity contribution in [3.63, 3.8) is 0 Å². The second-order valence-corrected chi connectivity index (χ2v) is 6.03. The van der Waals surface area contributed by atoms with Gasteiger partial charge in [0.25, 0.3) is 0 Å². The molecule has 0 amide bonds. The Morgan fingerprint density at radius 3 is 2.26 bits per heavy atom. The number of rotatable bonds is 3. The summed E-state index contributed by atoms with van der Waals surface area (Å²) >= 11 is 12.0. The van der Waals surface area contributed by atoms with E-state index in [4.69, 9.17) is 28.3 Å². The second-order valence-electron chi connectivity index (χ2n) is 5.18. The van der Waals surface area contributed by atoms with E-state index in [9.17, 15) is 4.79 Å². The molecule has 1 fully saturated rings. The van der Waals surface area contributed by atoms with Gasteiger partial charge in [-0.2, -0.15) is 0 Å². The maximum absolute atomic E-state index is 11.1. The minimum atomic E-state index is -0.762. The third-order valence-electron chi connectivity index (χ3n) is 3.62. The van der Waals surface area contributed by atoms with Crippen LogP contribution in [-0.4, -0.2) is 11.1 Å². The summed E-state index contributed by atoms with van der Waals surface area (Å²) in [4.78, 5) is 11.1. The highest BCUT2D eigenvalue weighted by atomic mass is 35.5. The van der Waals surface area contributed by atoms with E-state index in [1.807, 2.05) is 32.1 Å². The molecule has 1 aromatic rings. The first-order chi connectivity index (χ1) is 8.34. The molecule has 1 aliphatic rings. The van der Waals surface area contributed by atoms with Gasteiger partial charge in [-0.3, -0.25) is 4.79 Å². The van der Waals surface area contributed by atoms with Crippen molar-refractivity contribution in [1.29, 1.82) is 0 Å². The van der Waals surface area contributed by atoms with Gasteiger partial charge in [0.05, 0.1) is 5.92 Å². The number of hydrogen-bond acceptors (Lipinski definition) is 1. The number of aliphatic carboxylic acids is 1. The fourth-order valence-corrected chi connectivity index (χ4v) is 2.71. The zero-order valence-corrected chi connectivity index (χ0v) is 12.9. The normalized spacial score (nSPS) is 24.5. The monoisotopic (exact) mass is 320 g/mol. The predicted octanol–water partition coefficient (Wildman–Crippen LogP) is 4.70. The van der Waals surface area contributed by atoms with E-state index in [1.54, 1.807) is 12.1 Å². The zero-order chi connectivity index (χ0) is 13.5. The predicted molar refractivity (Wildman–Crippen MR) is 80.9 cm³/mol. The van der Waals surface area contributed by atoms with Gasteiger partial charge in [-0.15, -0.1) is 12.4 Å². The summed E-state index contributed by atoms with van der Waals surface area (Å²) in [7, 11) is 0. The zero-order valence-electron chi connectivity index (χ0n) is 10.6. The van der Waals surface area contributed by atoms with Gasteiger partial charge in [0, 0.05) is 10.1 Å². The number of carboxylic acids is 1. The maximum atomic E-state index is 11.1. The number of hydrogen-bond donors (Lipinski definition) is 1. The number of allylic oxidation sites excluding steroid dienone is 1. The largest absolute Gasteiger partial charge is 0.481 e. The molecule has 0 bridgehead atoms. The Morgan fingerprint density at radius 1 is 1.32 bits per heavy atom. The Morgan fingerprint density at radius 2 is 1.84 bits per heavy atom. The summed E-state index contributed by atoms with van der Waals surface area (Å²) in [5.74, 6) is -1.13. The van der Waals surface area contributed by atoms with Crippen LogP contribution < -0.4 is 0 Å². The first kappa shape index (κ1) is 16.4. The summed E-state index contributed by atoms with van der Waals surface area (Å²) in [6.07, 6.45) is 1.84. The lowest BCUT2D eigenvalue weighted by Crippen LogP contribution is -2.03. The minimum Gasteiger partial charge on any atom is -0.481 e. The molecule has 0 radical (unpaired) electrons. The average Bonchev–Trinajstić information content (AvgIpc) is 2.81. The van der Waals surface area contributed by atoms with Gasteiger partial charge >= 0.3 is 5.97 Å². The van der Waals surface area contributed by atoms with Gasteiger partial charge in [-0.05, 0) is 29.0 Å². The molecule has 2 rings (SSSR count). The molecule has 2 unspecified atom stereocenters. The number of halogens is 3. The molecule has 0 heterocycles. The quantitative estimate of drug-likeness (QED) is 0.876. The summed E-state index contributed by atoms with van der Waals surface area (Å²) < 4.78 is 0. The molecule has 104 valence electrons. The van der Waals surface area contributed by atoms with Crippen molar-refractivity contribution in [3.05, 3.63) is 40.9 Å². The van der Waals surface area contributed by atoms with E-state index in [2.05, 4.69) is 0 Å². The Hall–Kier alpha value is -0.700. The van der Waals surface area contributed by atoms with E-state index in [-0.39, 0.29) is 29.7 Å². The Balaban J connectivity index is 0.00000180. The van der Waals surface area contributed by atoms with Crippen LogP contribution in [0.3, 0.4) is 0 Å². The standard InChI is InChI=1S/C14H14Cl2O2.ClH/c1-14(2)10(12(14)13(17)18)7-11(16)8-3-5-9(15)6-4-8;/h3-7,10,12H,1-2H3,(H,17,18);1H. The molecule has 1 aliphatic carbocycles. The van der Waals surface area contributed by atoms with E-state index in [1.165, 1.54) is 0 Å². The van der Waals surface area contributed by atoms with Crippen molar-refractivity contribution in [2.45, 2.75) is 13.8 Å². The van der Waals surface area contributed by atoms with E-state index >= 15 is 0 Å². The third kappa shape index (κ3) is 3.25. The van der Waals surface area contributed by atoms with Crippen LogP contribution in [0.2, 0.25) is 5.02 Å². The van der Waals surface area contributed by atoms with E-state index in [0.29, 0.717) is 10.1 Å². The van der Waals surface area contributed by atoms with Crippen LogP contribution in [0.4, 0.5) is 0 Å². The molecule has 1 N–H and O–H groups in total. The Kier molecular flexibility index (Phi) is 4.94. The van der Waals surface area contributed by atoms with E-state index in [0.717, 1.165) is 5.56 Å². The topological polar surface area (TPSA) is 37.3 Å². The summed E-state index contributed by atoms with van der Waals surface area (Å²) in [6, 6.07) is 7.18. The highest BCUT2D eigenvalue weighted by molar-refractivity contribution is 6.48.